The van der Waals surface area contributed by atoms with E-state index >= 15 is 0 Å². The summed E-state index contributed by atoms with van der Waals surface area (Å²) in [5.41, 5.74) is 4.61. The summed E-state index contributed by atoms with van der Waals surface area (Å²) < 4.78 is 34.7. The van der Waals surface area contributed by atoms with Crippen molar-refractivity contribution >= 4 is 35.2 Å². The number of carbonyl (C=O) groups is 3. The van der Waals surface area contributed by atoms with Gasteiger partial charge < -0.3 is 20.3 Å². The van der Waals surface area contributed by atoms with Gasteiger partial charge in [0.1, 0.15) is 17.8 Å². The lowest BCUT2D eigenvalue weighted by Gasteiger charge is -2.39. The molecular weight excluding hydrogens is 564 g/mol. The molecule has 3 aromatic rings. The Hall–Kier alpha value is -5.15. The number of imide groups is 1. The second-order valence-electron chi connectivity index (χ2n) is 9.90. The first-order chi connectivity index (χ1) is 20.6. The Morgan fingerprint density at radius 1 is 1.05 bits per heavy atom. The lowest BCUT2D eigenvalue weighted by atomic mass is 10.0. The van der Waals surface area contributed by atoms with Crippen molar-refractivity contribution in [3.05, 3.63) is 83.1 Å². The zero-order valence-corrected chi connectivity index (χ0v) is 23.8. The van der Waals surface area contributed by atoms with Crippen LogP contribution in [0.2, 0.25) is 0 Å². The molecule has 1 saturated heterocycles. The largest absolute Gasteiger partial charge is 0.480 e. The number of hydrogen-bond acceptors (Lipinski definition) is 9. The molecule has 43 heavy (non-hydrogen) atoms. The highest BCUT2D eigenvalue weighted by Crippen LogP contribution is 2.36. The lowest BCUT2D eigenvalue weighted by Crippen LogP contribution is -2.62. The van der Waals surface area contributed by atoms with Crippen LogP contribution in [0.15, 0.2) is 65.9 Å². The van der Waals surface area contributed by atoms with Crippen molar-refractivity contribution in [3.63, 3.8) is 0 Å². The van der Waals surface area contributed by atoms with Crippen molar-refractivity contribution in [2.45, 2.75) is 12.7 Å². The standard InChI is InChI=1S/C28H29F2N9O4/c1-31-27(41)32-16-8-10-17(11-9-16)39-21(15-36(2)3)24-25(35-39)37(14-18-19(29)6-5-7-20(18)30)28(42)38(26(24)40)22-12-13-23(43-4)34-33-22/h5-13,25,35H,14-15H2,1-4H3,(H2,31,32,41). The number of benzene rings is 2. The predicted molar refractivity (Wildman–Crippen MR) is 153 cm³/mol. The number of urea groups is 2. The number of nitrogens with one attached hydrogen (secondary N) is 3. The second kappa shape index (κ2) is 12.0. The molecular formula is C28H29F2N9O4. The highest BCUT2D eigenvalue weighted by molar-refractivity contribution is 6.23. The molecule has 1 unspecified atom stereocenters. The molecule has 5 rings (SSSR count). The minimum atomic E-state index is -1.08. The Bertz CT molecular complexity index is 1560. The number of ether oxygens (including phenoxy) is 1. The Kier molecular flexibility index (Phi) is 8.18. The van der Waals surface area contributed by atoms with Gasteiger partial charge in [-0.05, 0) is 56.6 Å². The van der Waals surface area contributed by atoms with Crippen molar-refractivity contribution < 1.29 is 27.9 Å². The van der Waals surface area contributed by atoms with Crippen LogP contribution in [0.25, 0.3) is 0 Å². The van der Waals surface area contributed by atoms with E-state index in [0.29, 0.717) is 17.1 Å². The molecule has 2 aromatic carbocycles. The predicted octanol–water partition coefficient (Wildman–Crippen LogP) is 2.65. The minimum absolute atomic E-state index is 0.0898. The number of fused-ring (bicyclic) bond motifs is 1. The van der Waals surface area contributed by atoms with Crippen LogP contribution in [-0.2, 0) is 11.3 Å². The van der Waals surface area contributed by atoms with Gasteiger partial charge in [0.25, 0.3) is 5.91 Å². The Morgan fingerprint density at radius 2 is 1.74 bits per heavy atom. The smallest absolute Gasteiger partial charge is 0.334 e. The molecule has 0 aliphatic carbocycles. The highest BCUT2D eigenvalue weighted by Gasteiger charge is 2.50. The average Bonchev–Trinajstić information content (AvgIpc) is 3.35. The van der Waals surface area contributed by atoms with E-state index in [1.807, 2.05) is 19.0 Å². The number of methoxy groups -OCH3 is 1. The molecule has 3 heterocycles. The second-order valence-corrected chi connectivity index (χ2v) is 9.90. The lowest BCUT2D eigenvalue weighted by molar-refractivity contribution is -0.116. The van der Waals surface area contributed by atoms with Crippen molar-refractivity contribution in [2.24, 2.45) is 0 Å². The molecule has 0 bridgehead atoms. The third-order valence-electron chi connectivity index (χ3n) is 6.82. The van der Waals surface area contributed by atoms with Crippen LogP contribution >= 0.6 is 0 Å². The van der Waals surface area contributed by atoms with Crippen molar-refractivity contribution in [1.82, 2.24) is 30.7 Å². The minimum Gasteiger partial charge on any atom is -0.480 e. The fourth-order valence-electron chi connectivity index (χ4n) is 4.78. The number of halogens is 2. The SMILES string of the molecule is CNC(=O)Nc1ccc(N2NC3C(=C2CN(C)C)C(=O)N(c2ccc(OC)nn2)C(=O)N3Cc2c(F)cccc2F)cc1. The van der Waals surface area contributed by atoms with E-state index in [0.717, 1.165) is 17.0 Å². The summed E-state index contributed by atoms with van der Waals surface area (Å²) in [6.07, 6.45) is -1.08. The summed E-state index contributed by atoms with van der Waals surface area (Å²) in [7, 11) is 6.52. The van der Waals surface area contributed by atoms with E-state index in [2.05, 4.69) is 26.3 Å². The van der Waals surface area contributed by atoms with Crippen molar-refractivity contribution in [3.8, 4) is 5.88 Å². The van der Waals surface area contributed by atoms with Crippen molar-refractivity contribution in [1.29, 1.82) is 0 Å². The first kappa shape index (κ1) is 29.3. The molecule has 15 heteroatoms. The zero-order chi connectivity index (χ0) is 30.8. The molecule has 1 aromatic heterocycles. The molecule has 2 aliphatic rings. The summed E-state index contributed by atoms with van der Waals surface area (Å²) in [5, 5.41) is 14.7. The number of nitrogens with zero attached hydrogens (tertiary/aromatic N) is 6. The van der Waals surface area contributed by atoms with Crippen LogP contribution in [0.3, 0.4) is 0 Å². The molecule has 1 fully saturated rings. The summed E-state index contributed by atoms with van der Waals surface area (Å²) >= 11 is 0. The van der Waals surface area contributed by atoms with E-state index in [4.69, 9.17) is 4.74 Å². The third kappa shape index (κ3) is 5.67. The molecule has 3 N–H and O–H groups in total. The average molecular weight is 594 g/mol. The number of rotatable bonds is 8. The first-order valence-corrected chi connectivity index (χ1v) is 13.1. The Labute approximate surface area is 245 Å². The normalized spacial score (nSPS) is 16.6. The monoisotopic (exact) mass is 593 g/mol. The maximum Gasteiger partial charge on any atom is 0.334 e. The fourth-order valence-corrected chi connectivity index (χ4v) is 4.78. The van der Waals surface area contributed by atoms with Crippen LogP contribution in [0.1, 0.15) is 5.56 Å². The van der Waals surface area contributed by atoms with E-state index in [1.54, 1.807) is 29.3 Å². The van der Waals surface area contributed by atoms with Crippen LogP contribution in [0, 0.1) is 11.6 Å². The molecule has 1 atom stereocenters. The van der Waals surface area contributed by atoms with Gasteiger partial charge in [0.15, 0.2) is 5.82 Å². The topological polar surface area (TPSA) is 135 Å². The number of amides is 5. The van der Waals surface area contributed by atoms with Crippen LogP contribution in [-0.4, -0.2) is 78.9 Å². The van der Waals surface area contributed by atoms with Gasteiger partial charge in [0.2, 0.25) is 5.88 Å². The van der Waals surface area contributed by atoms with Gasteiger partial charge in [-0.25, -0.2) is 28.7 Å². The molecule has 5 amide bonds. The quantitative estimate of drug-likeness (QED) is 0.360. The molecule has 2 aliphatic heterocycles. The fraction of sp³-hybridized carbons (Fsp3) is 0.250. The Balaban J connectivity index is 1.62. The summed E-state index contributed by atoms with van der Waals surface area (Å²) in [6.45, 7) is -0.245. The van der Waals surface area contributed by atoms with E-state index < -0.39 is 42.3 Å². The number of likely N-dealkylation sites (N-methyl/N-ethyl adjacent to an activating group) is 1. The summed E-state index contributed by atoms with van der Waals surface area (Å²) in [6, 6.07) is 11.8. The molecule has 13 nitrogen and oxygen atoms in total. The van der Waals surface area contributed by atoms with Gasteiger partial charge in [-0.2, -0.15) is 0 Å². The van der Waals surface area contributed by atoms with Gasteiger partial charge >= 0.3 is 12.1 Å². The number of anilines is 3. The number of aromatic nitrogens is 2. The molecule has 0 saturated carbocycles. The van der Waals surface area contributed by atoms with E-state index in [1.165, 1.54) is 37.3 Å². The molecule has 224 valence electrons. The van der Waals surface area contributed by atoms with Crippen LogP contribution in [0.4, 0.5) is 35.6 Å². The zero-order valence-electron chi connectivity index (χ0n) is 23.8. The van der Waals surface area contributed by atoms with Gasteiger partial charge in [-0.3, -0.25) is 14.7 Å². The molecule has 0 spiro atoms. The van der Waals surface area contributed by atoms with Gasteiger partial charge in [-0.1, -0.05) is 6.07 Å². The maximum absolute atomic E-state index is 14.8. The van der Waals surface area contributed by atoms with Crippen LogP contribution in [0.5, 0.6) is 5.88 Å². The van der Waals surface area contributed by atoms with E-state index in [-0.39, 0.29) is 29.4 Å². The van der Waals surface area contributed by atoms with E-state index in [9.17, 15) is 23.2 Å². The summed E-state index contributed by atoms with van der Waals surface area (Å²) in [4.78, 5) is 43.6. The van der Waals surface area contributed by atoms with Gasteiger partial charge in [-0.15, -0.1) is 10.2 Å². The first-order valence-electron chi connectivity index (χ1n) is 13.1. The van der Waals surface area contributed by atoms with Crippen molar-refractivity contribution in [2.75, 3.05) is 50.0 Å². The number of hydrazine groups is 1. The van der Waals surface area contributed by atoms with Crippen LogP contribution < -0.4 is 30.7 Å². The number of carbonyl (C=O) groups excluding carboxylic acids is 3. The Morgan fingerprint density at radius 3 is 2.33 bits per heavy atom. The third-order valence-corrected chi connectivity index (χ3v) is 6.82. The van der Waals surface area contributed by atoms with Gasteiger partial charge in [0.05, 0.1) is 30.6 Å². The highest BCUT2D eigenvalue weighted by atomic mass is 19.1. The maximum atomic E-state index is 14.8. The molecule has 0 radical (unpaired) electrons. The van der Waals surface area contributed by atoms with Gasteiger partial charge in [0, 0.05) is 30.9 Å². The number of hydrogen-bond donors (Lipinski definition) is 3. The summed E-state index contributed by atoms with van der Waals surface area (Å²) in [5.74, 6) is -2.28.